The number of rotatable bonds is 6. The first-order chi connectivity index (χ1) is 15.3. The summed E-state index contributed by atoms with van der Waals surface area (Å²) in [4.78, 5) is 34.3. The molecule has 1 unspecified atom stereocenters. The minimum atomic E-state index is -0.387. The number of fused-ring (bicyclic) bond motifs is 1. The molecule has 2 aromatic heterocycles. The summed E-state index contributed by atoms with van der Waals surface area (Å²) in [6.07, 6.45) is 1.55. The third-order valence-electron chi connectivity index (χ3n) is 5.35. The van der Waals surface area contributed by atoms with Gasteiger partial charge in [0.15, 0.2) is 5.78 Å². The lowest BCUT2D eigenvalue weighted by Crippen LogP contribution is -2.22. The number of hydrogen-bond acceptors (Lipinski definition) is 6. The van der Waals surface area contributed by atoms with E-state index in [-0.39, 0.29) is 16.9 Å². The SMILES string of the molecule is CC(=O)c1cccc(NC(=O)C(C)Sc2ncnc3scc(-c4ccc(C)c(C)c4)c23)c1. The van der Waals surface area contributed by atoms with Gasteiger partial charge in [0.05, 0.1) is 10.6 Å². The molecule has 4 aromatic rings. The predicted octanol–water partition coefficient (Wildman–Crippen LogP) is 6.30. The fourth-order valence-electron chi connectivity index (χ4n) is 3.34. The van der Waals surface area contributed by atoms with Crippen molar-refractivity contribution >= 4 is 50.7 Å². The highest BCUT2D eigenvalue weighted by Crippen LogP contribution is 2.39. The van der Waals surface area contributed by atoms with Crippen LogP contribution in [-0.4, -0.2) is 26.9 Å². The summed E-state index contributed by atoms with van der Waals surface area (Å²) in [6.45, 7) is 7.56. The van der Waals surface area contributed by atoms with Crippen molar-refractivity contribution in [3.05, 3.63) is 70.9 Å². The lowest BCUT2D eigenvalue weighted by atomic mass is 10.0. The zero-order valence-corrected chi connectivity index (χ0v) is 19.9. The fourth-order valence-corrected chi connectivity index (χ4v) is 5.25. The van der Waals surface area contributed by atoms with E-state index in [1.54, 1.807) is 41.9 Å². The van der Waals surface area contributed by atoms with Gasteiger partial charge in [-0.05, 0) is 56.5 Å². The lowest BCUT2D eigenvalue weighted by molar-refractivity contribution is -0.115. The number of hydrogen-bond donors (Lipinski definition) is 1. The Morgan fingerprint density at radius 1 is 1.06 bits per heavy atom. The molecular weight excluding hydrogens is 438 g/mol. The Kier molecular flexibility index (Phi) is 6.39. The summed E-state index contributed by atoms with van der Waals surface area (Å²) in [5, 5.41) is 6.38. The van der Waals surface area contributed by atoms with Crippen molar-refractivity contribution in [1.29, 1.82) is 0 Å². The maximum Gasteiger partial charge on any atom is 0.237 e. The standard InChI is InChI=1S/C25H23N3O2S2/c1-14-8-9-19(10-15(14)2)21-12-31-24-22(21)25(27-13-26-24)32-17(4)23(30)28-20-7-5-6-18(11-20)16(3)29/h5-13,17H,1-4H3,(H,28,30). The molecule has 0 spiro atoms. The number of aryl methyl sites for hydroxylation is 2. The van der Waals surface area contributed by atoms with E-state index in [2.05, 4.69) is 52.7 Å². The maximum absolute atomic E-state index is 12.9. The maximum atomic E-state index is 12.9. The number of ketones is 1. The number of anilines is 1. The average molecular weight is 462 g/mol. The van der Waals surface area contributed by atoms with E-state index in [9.17, 15) is 9.59 Å². The number of Topliss-reactive ketones (excluding diaryl/α,β-unsaturated/α-hetero) is 1. The van der Waals surface area contributed by atoms with Gasteiger partial charge in [-0.1, -0.05) is 42.1 Å². The molecule has 0 fully saturated rings. The number of nitrogens with zero attached hydrogens (tertiary/aromatic N) is 2. The van der Waals surface area contributed by atoms with Gasteiger partial charge in [0.25, 0.3) is 0 Å². The first-order valence-corrected chi connectivity index (χ1v) is 12.0. The highest BCUT2D eigenvalue weighted by atomic mass is 32.2. The number of thiophene rings is 1. The van der Waals surface area contributed by atoms with Crippen molar-refractivity contribution in [3.63, 3.8) is 0 Å². The van der Waals surface area contributed by atoms with E-state index in [4.69, 9.17) is 0 Å². The molecule has 1 atom stereocenters. The topological polar surface area (TPSA) is 72.0 Å². The van der Waals surface area contributed by atoms with Gasteiger partial charge in [0, 0.05) is 22.2 Å². The molecule has 0 aliphatic rings. The number of benzene rings is 2. The number of aromatic nitrogens is 2. The van der Waals surface area contributed by atoms with Crippen molar-refractivity contribution in [2.75, 3.05) is 5.32 Å². The molecule has 0 aliphatic heterocycles. The van der Waals surface area contributed by atoms with E-state index in [0.717, 1.165) is 26.4 Å². The highest BCUT2D eigenvalue weighted by Gasteiger charge is 2.20. The molecule has 7 heteroatoms. The van der Waals surface area contributed by atoms with E-state index >= 15 is 0 Å². The van der Waals surface area contributed by atoms with Crippen LogP contribution < -0.4 is 5.32 Å². The van der Waals surface area contributed by atoms with Gasteiger partial charge in [-0.2, -0.15) is 0 Å². The monoisotopic (exact) mass is 461 g/mol. The minimum absolute atomic E-state index is 0.0387. The molecule has 0 bridgehead atoms. The molecule has 0 aliphatic carbocycles. The van der Waals surface area contributed by atoms with Gasteiger partial charge in [0.2, 0.25) is 5.91 Å². The molecule has 2 aromatic carbocycles. The average Bonchev–Trinajstić information content (AvgIpc) is 3.21. The second-order valence-electron chi connectivity index (χ2n) is 7.69. The van der Waals surface area contributed by atoms with Crippen LogP contribution in [0.2, 0.25) is 0 Å². The molecule has 0 radical (unpaired) electrons. The second kappa shape index (κ2) is 9.22. The number of carbonyl (C=O) groups is 2. The van der Waals surface area contributed by atoms with Gasteiger partial charge >= 0.3 is 0 Å². The Labute approximate surface area is 195 Å². The number of amides is 1. The molecule has 0 saturated carbocycles. The van der Waals surface area contributed by atoms with Crippen LogP contribution in [0, 0.1) is 13.8 Å². The molecule has 1 amide bonds. The van der Waals surface area contributed by atoms with Crippen molar-refractivity contribution in [3.8, 4) is 11.1 Å². The van der Waals surface area contributed by atoms with Crippen LogP contribution in [0.4, 0.5) is 5.69 Å². The van der Waals surface area contributed by atoms with Gasteiger partial charge < -0.3 is 5.32 Å². The number of carbonyl (C=O) groups excluding carboxylic acids is 2. The van der Waals surface area contributed by atoms with Crippen LogP contribution in [0.3, 0.4) is 0 Å². The normalized spacial score (nSPS) is 12.0. The van der Waals surface area contributed by atoms with E-state index in [1.165, 1.54) is 29.8 Å². The van der Waals surface area contributed by atoms with Crippen LogP contribution >= 0.6 is 23.1 Å². The van der Waals surface area contributed by atoms with E-state index in [1.807, 2.05) is 6.92 Å². The molecule has 162 valence electrons. The lowest BCUT2D eigenvalue weighted by Gasteiger charge is -2.13. The molecule has 5 nitrogen and oxygen atoms in total. The fraction of sp³-hybridized carbons (Fsp3) is 0.200. The van der Waals surface area contributed by atoms with Gasteiger partial charge in [-0.3, -0.25) is 9.59 Å². The Morgan fingerprint density at radius 3 is 2.62 bits per heavy atom. The third kappa shape index (κ3) is 4.59. The quantitative estimate of drug-likeness (QED) is 0.207. The van der Waals surface area contributed by atoms with Crippen molar-refractivity contribution in [1.82, 2.24) is 9.97 Å². The molecule has 2 heterocycles. The third-order valence-corrected chi connectivity index (χ3v) is 7.33. The summed E-state index contributed by atoms with van der Waals surface area (Å²) in [7, 11) is 0. The van der Waals surface area contributed by atoms with Crippen LogP contribution in [0.15, 0.2) is 59.2 Å². The van der Waals surface area contributed by atoms with Crippen LogP contribution in [0.1, 0.15) is 35.3 Å². The molecular formula is C25H23N3O2S2. The summed E-state index contributed by atoms with van der Waals surface area (Å²) >= 11 is 2.99. The zero-order chi connectivity index (χ0) is 22.8. The number of thioether (sulfide) groups is 1. The summed E-state index contributed by atoms with van der Waals surface area (Å²) in [6, 6.07) is 13.4. The first-order valence-electron chi connectivity index (χ1n) is 10.2. The van der Waals surface area contributed by atoms with Crippen LogP contribution in [0.5, 0.6) is 0 Å². The second-order valence-corrected chi connectivity index (χ2v) is 9.88. The Balaban J connectivity index is 1.60. The van der Waals surface area contributed by atoms with Gasteiger partial charge in [-0.15, -0.1) is 11.3 Å². The molecule has 32 heavy (non-hydrogen) atoms. The van der Waals surface area contributed by atoms with Crippen molar-refractivity contribution in [2.24, 2.45) is 0 Å². The van der Waals surface area contributed by atoms with Crippen molar-refractivity contribution in [2.45, 2.75) is 38.0 Å². The van der Waals surface area contributed by atoms with Gasteiger partial charge in [-0.25, -0.2) is 9.97 Å². The summed E-state index contributed by atoms with van der Waals surface area (Å²) in [5.41, 5.74) is 5.85. The van der Waals surface area contributed by atoms with Crippen molar-refractivity contribution < 1.29 is 9.59 Å². The molecule has 0 saturated heterocycles. The zero-order valence-electron chi connectivity index (χ0n) is 18.3. The van der Waals surface area contributed by atoms with Gasteiger partial charge in [0.1, 0.15) is 16.2 Å². The Bertz CT molecular complexity index is 1330. The smallest absolute Gasteiger partial charge is 0.237 e. The van der Waals surface area contributed by atoms with E-state index < -0.39 is 0 Å². The first kappa shape index (κ1) is 22.2. The van der Waals surface area contributed by atoms with E-state index in [0.29, 0.717) is 11.3 Å². The minimum Gasteiger partial charge on any atom is -0.325 e. The van der Waals surface area contributed by atoms with Crippen LogP contribution in [-0.2, 0) is 4.79 Å². The largest absolute Gasteiger partial charge is 0.325 e. The molecule has 1 N–H and O–H groups in total. The summed E-state index contributed by atoms with van der Waals surface area (Å²) in [5.74, 6) is -0.186. The summed E-state index contributed by atoms with van der Waals surface area (Å²) < 4.78 is 0. The predicted molar refractivity (Wildman–Crippen MR) is 133 cm³/mol. The Hall–Kier alpha value is -3.03. The molecule has 4 rings (SSSR count). The van der Waals surface area contributed by atoms with Crippen LogP contribution in [0.25, 0.3) is 21.3 Å². The Morgan fingerprint density at radius 2 is 1.88 bits per heavy atom. The highest BCUT2D eigenvalue weighted by molar-refractivity contribution is 8.00. The number of nitrogens with one attached hydrogen (secondary N) is 1.